The third-order valence-electron chi connectivity index (χ3n) is 3.01. The lowest BCUT2D eigenvalue weighted by Gasteiger charge is -2.17. The fraction of sp³-hybridized carbons (Fsp3) is 0.600. The number of nitrogens with zero attached hydrogens (tertiary/aromatic N) is 2. The van der Waals surface area contributed by atoms with Crippen molar-refractivity contribution in [3.63, 3.8) is 0 Å². The zero-order chi connectivity index (χ0) is 16.5. The summed E-state index contributed by atoms with van der Waals surface area (Å²) in [4.78, 5) is 17.5. The molecule has 0 aliphatic heterocycles. The number of furan rings is 1. The highest BCUT2D eigenvalue weighted by Crippen LogP contribution is 2.15. The van der Waals surface area contributed by atoms with E-state index in [0.717, 1.165) is 11.5 Å². The van der Waals surface area contributed by atoms with Crippen molar-refractivity contribution in [2.45, 2.75) is 19.9 Å². The van der Waals surface area contributed by atoms with Crippen LogP contribution >= 0.6 is 24.0 Å². The number of amides is 1. The minimum absolute atomic E-state index is 0. The van der Waals surface area contributed by atoms with Gasteiger partial charge in [0.05, 0.1) is 12.6 Å². The van der Waals surface area contributed by atoms with E-state index < -0.39 is 0 Å². The maximum atomic E-state index is 11.7. The SMILES string of the molecule is COCCNC(=NCC(=O)N(C)C)NC(C)c1ccc(C)o1.I. The highest BCUT2D eigenvalue weighted by atomic mass is 127. The molecule has 1 rings (SSSR count). The summed E-state index contributed by atoms with van der Waals surface area (Å²) in [6.45, 7) is 5.11. The molecule has 1 unspecified atom stereocenters. The Bertz CT molecular complexity index is 503. The lowest BCUT2D eigenvalue weighted by atomic mass is 10.2. The summed E-state index contributed by atoms with van der Waals surface area (Å²) < 4.78 is 10.6. The molecule has 1 aromatic heterocycles. The zero-order valence-corrected chi connectivity index (χ0v) is 16.7. The van der Waals surface area contributed by atoms with Gasteiger partial charge in [-0.15, -0.1) is 24.0 Å². The van der Waals surface area contributed by atoms with Crippen molar-refractivity contribution in [1.82, 2.24) is 15.5 Å². The van der Waals surface area contributed by atoms with Gasteiger partial charge in [0.25, 0.3) is 0 Å². The number of likely N-dealkylation sites (N-methyl/N-ethyl adjacent to an activating group) is 1. The smallest absolute Gasteiger partial charge is 0.243 e. The monoisotopic (exact) mass is 438 g/mol. The molecule has 0 spiro atoms. The molecule has 8 heteroatoms. The summed E-state index contributed by atoms with van der Waals surface area (Å²) in [7, 11) is 5.05. The number of guanidine groups is 1. The molecule has 132 valence electrons. The maximum absolute atomic E-state index is 11.7. The van der Waals surface area contributed by atoms with Gasteiger partial charge in [-0.25, -0.2) is 4.99 Å². The summed E-state index contributed by atoms with van der Waals surface area (Å²) in [6.07, 6.45) is 0. The first-order chi connectivity index (χ1) is 10.4. The van der Waals surface area contributed by atoms with E-state index in [9.17, 15) is 4.79 Å². The number of methoxy groups -OCH3 is 1. The van der Waals surface area contributed by atoms with Gasteiger partial charge in [0.1, 0.15) is 18.1 Å². The molecule has 23 heavy (non-hydrogen) atoms. The molecule has 7 nitrogen and oxygen atoms in total. The molecule has 0 saturated carbocycles. The molecule has 1 amide bonds. The van der Waals surface area contributed by atoms with Gasteiger partial charge in [0, 0.05) is 27.7 Å². The number of aliphatic imine (C=N–C) groups is 1. The Morgan fingerprint density at radius 1 is 1.43 bits per heavy atom. The van der Waals surface area contributed by atoms with Crippen LogP contribution in [0.3, 0.4) is 0 Å². The van der Waals surface area contributed by atoms with E-state index >= 15 is 0 Å². The predicted octanol–water partition coefficient (Wildman–Crippen LogP) is 1.54. The largest absolute Gasteiger partial charge is 0.464 e. The van der Waals surface area contributed by atoms with Gasteiger partial charge < -0.3 is 24.7 Å². The van der Waals surface area contributed by atoms with E-state index in [4.69, 9.17) is 9.15 Å². The molecule has 0 aliphatic rings. The lowest BCUT2D eigenvalue weighted by molar-refractivity contribution is -0.127. The molecule has 0 radical (unpaired) electrons. The van der Waals surface area contributed by atoms with Crippen LogP contribution in [0.4, 0.5) is 0 Å². The zero-order valence-electron chi connectivity index (χ0n) is 14.4. The molecule has 1 heterocycles. The molecule has 1 aromatic rings. The van der Waals surface area contributed by atoms with Crippen LogP contribution in [0.15, 0.2) is 21.5 Å². The van der Waals surface area contributed by atoms with Gasteiger partial charge in [-0.3, -0.25) is 4.79 Å². The Balaban J connectivity index is 0.00000484. The fourth-order valence-corrected chi connectivity index (χ4v) is 1.67. The van der Waals surface area contributed by atoms with Crippen LogP contribution in [-0.2, 0) is 9.53 Å². The van der Waals surface area contributed by atoms with Crippen molar-refractivity contribution in [3.8, 4) is 0 Å². The van der Waals surface area contributed by atoms with Crippen LogP contribution < -0.4 is 10.6 Å². The van der Waals surface area contributed by atoms with E-state index in [-0.39, 0.29) is 42.5 Å². The highest BCUT2D eigenvalue weighted by Gasteiger charge is 2.12. The fourth-order valence-electron chi connectivity index (χ4n) is 1.67. The number of ether oxygens (including phenoxy) is 1. The number of rotatable bonds is 7. The molecule has 0 bridgehead atoms. The minimum Gasteiger partial charge on any atom is -0.464 e. The number of carbonyl (C=O) groups excluding carboxylic acids is 1. The summed E-state index contributed by atoms with van der Waals surface area (Å²) in [6, 6.07) is 3.78. The van der Waals surface area contributed by atoms with Crippen LogP contribution in [0, 0.1) is 6.92 Å². The lowest BCUT2D eigenvalue weighted by Crippen LogP contribution is -2.41. The molecule has 0 fully saturated rings. The van der Waals surface area contributed by atoms with Crippen molar-refractivity contribution < 1.29 is 13.9 Å². The van der Waals surface area contributed by atoms with Crippen molar-refractivity contribution in [2.75, 3.05) is 40.9 Å². The number of hydrogen-bond donors (Lipinski definition) is 2. The Morgan fingerprint density at radius 2 is 2.13 bits per heavy atom. The third kappa shape index (κ3) is 8.21. The minimum atomic E-state index is -0.0608. The Labute approximate surface area is 154 Å². The van der Waals surface area contributed by atoms with Crippen LogP contribution in [0.5, 0.6) is 0 Å². The molecule has 1 atom stereocenters. The van der Waals surface area contributed by atoms with E-state index in [1.54, 1.807) is 21.2 Å². The van der Waals surface area contributed by atoms with Crippen LogP contribution in [-0.4, -0.2) is 57.7 Å². The second kappa shape index (κ2) is 11.3. The third-order valence-corrected chi connectivity index (χ3v) is 3.01. The summed E-state index contributed by atoms with van der Waals surface area (Å²) in [5.41, 5.74) is 0. The van der Waals surface area contributed by atoms with E-state index in [1.807, 2.05) is 26.0 Å². The molecular weight excluding hydrogens is 411 g/mol. The molecule has 0 aromatic carbocycles. The average Bonchev–Trinajstić information content (AvgIpc) is 2.90. The summed E-state index contributed by atoms with van der Waals surface area (Å²) in [5.74, 6) is 2.16. The van der Waals surface area contributed by atoms with Crippen LogP contribution in [0.1, 0.15) is 24.5 Å². The molecule has 2 N–H and O–H groups in total. The number of aryl methyl sites for hydroxylation is 1. The van der Waals surface area contributed by atoms with Crippen LogP contribution in [0.25, 0.3) is 0 Å². The van der Waals surface area contributed by atoms with E-state index in [1.165, 1.54) is 4.90 Å². The standard InChI is InChI=1S/C15H26N4O3.HI/c1-11-6-7-13(22-11)12(2)18-15(16-8-9-21-5)17-10-14(20)19(3)4;/h6-7,12H,8-10H2,1-5H3,(H2,16,17,18);1H. The van der Waals surface area contributed by atoms with Crippen molar-refractivity contribution in [3.05, 3.63) is 23.7 Å². The summed E-state index contributed by atoms with van der Waals surface area (Å²) in [5, 5.41) is 6.34. The Hall–Kier alpha value is -1.29. The van der Waals surface area contributed by atoms with E-state index in [0.29, 0.717) is 19.1 Å². The number of nitrogens with one attached hydrogen (secondary N) is 2. The maximum Gasteiger partial charge on any atom is 0.243 e. The highest BCUT2D eigenvalue weighted by molar-refractivity contribution is 14.0. The first-order valence-electron chi connectivity index (χ1n) is 7.24. The van der Waals surface area contributed by atoms with Gasteiger partial charge in [-0.2, -0.15) is 0 Å². The Kier molecular flexibility index (Phi) is 10.6. The first-order valence-corrected chi connectivity index (χ1v) is 7.24. The predicted molar refractivity (Wildman–Crippen MR) is 101 cm³/mol. The Morgan fingerprint density at radius 3 is 2.65 bits per heavy atom. The van der Waals surface area contributed by atoms with Gasteiger partial charge in [0.2, 0.25) is 5.91 Å². The van der Waals surface area contributed by atoms with Gasteiger partial charge in [0.15, 0.2) is 5.96 Å². The first kappa shape index (κ1) is 21.7. The quantitative estimate of drug-likeness (QED) is 0.292. The average molecular weight is 438 g/mol. The van der Waals surface area contributed by atoms with Crippen molar-refractivity contribution >= 4 is 35.8 Å². The van der Waals surface area contributed by atoms with Gasteiger partial charge >= 0.3 is 0 Å². The topological polar surface area (TPSA) is 79.1 Å². The van der Waals surface area contributed by atoms with Crippen LogP contribution in [0.2, 0.25) is 0 Å². The molecule has 0 saturated heterocycles. The van der Waals surface area contributed by atoms with Crippen molar-refractivity contribution in [2.24, 2.45) is 4.99 Å². The van der Waals surface area contributed by atoms with Gasteiger partial charge in [-0.1, -0.05) is 0 Å². The second-order valence-corrected chi connectivity index (χ2v) is 5.19. The van der Waals surface area contributed by atoms with Crippen molar-refractivity contribution in [1.29, 1.82) is 0 Å². The normalized spacial score (nSPS) is 12.3. The number of halogens is 1. The van der Waals surface area contributed by atoms with Gasteiger partial charge in [-0.05, 0) is 26.0 Å². The number of carbonyl (C=O) groups is 1. The van der Waals surface area contributed by atoms with E-state index in [2.05, 4.69) is 15.6 Å². The second-order valence-electron chi connectivity index (χ2n) is 5.19. The number of hydrogen-bond acceptors (Lipinski definition) is 4. The molecule has 0 aliphatic carbocycles. The summed E-state index contributed by atoms with van der Waals surface area (Å²) >= 11 is 0. The molecular formula is C15H27IN4O3.